The Morgan fingerprint density at radius 3 is 2.33 bits per heavy atom. The van der Waals surface area contributed by atoms with Gasteiger partial charge in [-0.15, -0.1) is 0 Å². The Labute approximate surface area is 135 Å². The molecule has 1 N–H and O–H groups in total. The van der Waals surface area contributed by atoms with Crippen LogP contribution in [0.2, 0.25) is 10.0 Å². The molecular weight excluding hydrogens is 303 g/mol. The van der Waals surface area contributed by atoms with E-state index < -0.39 is 0 Å². The lowest BCUT2D eigenvalue weighted by Gasteiger charge is -2.15. The predicted molar refractivity (Wildman–Crippen MR) is 92.6 cm³/mol. The second-order valence-corrected chi connectivity index (χ2v) is 6.33. The highest BCUT2D eigenvalue weighted by molar-refractivity contribution is 6.31. The highest BCUT2D eigenvalue weighted by atomic mass is 35.5. The molecule has 4 heteroatoms. The molecule has 0 saturated carbocycles. The van der Waals surface area contributed by atoms with Crippen molar-refractivity contribution < 1.29 is 0 Å². The van der Waals surface area contributed by atoms with Gasteiger partial charge in [-0.1, -0.05) is 35.3 Å². The number of halogens is 2. The van der Waals surface area contributed by atoms with Gasteiger partial charge in [-0.3, -0.25) is 0 Å². The molecule has 3 rings (SSSR count). The first-order valence-corrected chi connectivity index (χ1v) is 7.50. The van der Waals surface area contributed by atoms with Gasteiger partial charge in [0, 0.05) is 33.5 Å². The van der Waals surface area contributed by atoms with E-state index in [9.17, 15) is 0 Å². The average molecular weight is 319 g/mol. The Bertz CT molecular complexity index is 721. The molecule has 0 unspecified atom stereocenters. The van der Waals surface area contributed by atoms with Crippen molar-refractivity contribution in [3.8, 4) is 0 Å². The molecule has 1 aliphatic rings. The fourth-order valence-electron chi connectivity index (χ4n) is 2.54. The maximum Gasteiger partial charge on any atom is 0.0476 e. The van der Waals surface area contributed by atoms with E-state index in [1.54, 1.807) is 0 Å². The summed E-state index contributed by atoms with van der Waals surface area (Å²) in [5.74, 6) is 0. The van der Waals surface area contributed by atoms with Gasteiger partial charge in [0.15, 0.2) is 0 Å². The first kappa shape index (κ1) is 14.5. The lowest BCUT2D eigenvalue weighted by molar-refractivity contribution is 0.464. The summed E-state index contributed by atoms with van der Waals surface area (Å²) in [5, 5.41) is 4.88. The van der Waals surface area contributed by atoms with Gasteiger partial charge in [0.25, 0.3) is 0 Å². The summed E-state index contributed by atoms with van der Waals surface area (Å²) in [5.41, 5.74) is 5.56. The van der Waals surface area contributed by atoms with Crippen LogP contribution in [0.15, 0.2) is 36.4 Å². The van der Waals surface area contributed by atoms with Crippen LogP contribution >= 0.6 is 23.2 Å². The Balaban J connectivity index is 2.19. The molecule has 0 bridgehead atoms. The molecule has 0 amide bonds. The summed E-state index contributed by atoms with van der Waals surface area (Å²) >= 11 is 12.3. The molecule has 1 aliphatic heterocycles. The Kier molecular flexibility index (Phi) is 3.94. The topological polar surface area (TPSA) is 15.3 Å². The van der Waals surface area contributed by atoms with Crippen molar-refractivity contribution >= 4 is 46.2 Å². The fraction of sp³-hybridized carbons (Fsp3) is 0.176. The molecular formula is C17H16Cl2N2. The monoisotopic (exact) mass is 318 g/mol. The van der Waals surface area contributed by atoms with E-state index in [-0.39, 0.29) is 0 Å². The van der Waals surface area contributed by atoms with Gasteiger partial charge in [0.1, 0.15) is 0 Å². The van der Waals surface area contributed by atoms with E-state index in [0.717, 1.165) is 28.5 Å². The van der Waals surface area contributed by atoms with E-state index in [1.807, 2.05) is 30.3 Å². The van der Waals surface area contributed by atoms with Crippen LogP contribution in [0, 0.1) is 0 Å². The molecule has 21 heavy (non-hydrogen) atoms. The fourth-order valence-corrected chi connectivity index (χ4v) is 2.89. The average Bonchev–Trinajstić information content (AvgIpc) is 2.54. The Morgan fingerprint density at radius 2 is 1.62 bits per heavy atom. The Morgan fingerprint density at radius 1 is 0.952 bits per heavy atom. The number of fused-ring (bicyclic) bond motifs is 2. The van der Waals surface area contributed by atoms with Gasteiger partial charge < -0.3 is 10.2 Å². The molecule has 0 aliphatic carbocycles. The van der Waals surface area contributed by atoms with E-state index in [0.29, 0.717) is 5.02 Å². The standard InChI is InChI=1S/C17H16Cl2N2/c1-21(2)10-12-7-11-3-4-13(18)8-16(11)20-17-9-14(19)5-6-15(12)17/h3-9,20H,10H2,1-2H3. The third kappa shape index (κ3) is 3.08. The smallest absolute Gasteiger partial charge is 0.0476 e. The second kappa shape index (κ2) is 5.72. The van der Waals surface area contributed by atoms with E-state index in [1.165, 1.54) is 11.1 Å². The molecule has 2 nitrogen and oxygen atoms in total. The first-order chi connectivity index (χ1) is 10.0. The minimum atomic E-state index is 0.717. The maximum atomic E-state index is 6.15. The van der Waals surface area contributed by atoms with Crippen molar-refractivity contribution in [1.82, 2.24) is 4.90 Å². The zero-order valence-electron chi connectivity index (χ0n) is 12.0. The molecule has 0 aromatic heterocycles. The minimum absolute atomic E-state index is 0.717. The number of benzene rings is 2. The summed E-state index contributed by atoms with van der Waals surface area (Å²) in [4.78, 5) is 2.16. The maximum absolute atomic E-state index is 6.15. The van der Waals surface area contributed by atoms with Crippen molar-refractivity contribution in [2.75, 3.05) is 26.0 Å². The summed E-state index contributed by atoms with van der Waals surface area (Å²) < 4.78 is 0. The third-order valence-corrected chi connectivity index (χ3v) is 3.90. The molecule has 0 spiro atoms. The van der Waals surface area contributed by atoms with Gasteiger partial charge in [-0.2, -0.15) is 0 Å². The van der Waals surface area contributed by atoms with Crippen LogP contribution in [-0.2, 0) is 0 Å². The van der Waals surface area contributed by atoms with Gasteiger partial charge in [-0.05, 0) is 55.6 Å². The molecule has 1 heterocycles. The van der Waals surface area contributed by atoms with Crippen molar-refractivity contribution in [2.24, 2.45) is 0 Å². The van der Waals surface area contributed by atoms with Crippen LogP contribution in [0.1, 0.15) is 11.1 Å². The zero-order chi connectivity index (χ0) is 15.0. The summed E-state index contributed by atoms with van der Waals surface area (Å²) in [6.07, 6.45) is 2.21. The summed E-state index contributed by atoms with van der Waals surface area (Å²) in [6.45, 7) is 0.860. The van der Waals surface area contributed by atoms with Crippen LogP contribution in [0.4, 0.5) is 11.4 Å². The van der Waals surface area contributed by atoms with Crippen LogP contribution in [0.25, 0.3) is 11.6 Å². The lowest BCUT2D eigenvalue weighted by atomic mass is 10.0. The van der Waals surface area contributed by atoms with Crippen LogP contribution in [0.5, 0.6) is 0 Å². The Hall–Kier alpha value is -1.48. The van der Waals surface area contributed by atoms with Gasteiger partial charge >= 0.3 is 0 Å². The highest BCUT2D eigenvalue weighted by Crippen LogP contribution is 2.37. The molecule has 0 fully saturated rings. The van der Waals surface area contributed by atoms with Crippen molar-refractivity contribution in [3.05, 3.63) is 57.6 Å². The van der Waals surface area contributed by atoms with Gasteiger partial charge in [0.05, 0.1) is 0 Å². The van der Waals surface area contributed by atoms with Gasteiger partial charge in [-0.25, -0.2) is 0 Å². The van der Waals surface area contributed by atoms with Crippen LogP contribution in [-0.4, -0.2) is 25.5 Å². The number of hydrogen-bond acceptors (Lipinski definition) is 2. The van der Waals surface area contributed by atoms with E-state index in [2.05, 4.69) is 36.5 Å². The predicted octanol–water partition coefficient (Wildman–Crippen LogP) is 5.15. The van der Waals surface area contributed by atoms with Crippen molar-refractivity contribution in [3.63, 3.8) is 0 Å². The number of hydrogen-bond donors (Lipinski definition) is 1. The molecule has 0 saturated heterocycles. The quantitative estimate of drug-likeness (QED) is 0.823. The minimum Gasteiger partial charge on any atom is -0.354 e. The molecule has 108 valence electrons. The molecule has 0 radical (unpaired) electrons. The largest absolute Gasteiger partial charge is 0.354 e. The summed E-state index contributed by atoms with van der Waals surface area (Å²) in [6, 6.07) is 11.8. The SMILES string of the molecule is CN(C)CC1=Cc2ccc(Cl)cc2Nc2cc(Cl)ccc21. The lowest BCUT2D eigenvalue weighted by Crippen LogP contribution is -2.14. The second-order valence-electron chi connectivity index (χ2n) is 5.45. The number of nitrogens with one attached hydrogen (secondary N) is 1. The summed E-state index contributed by atoms with van der Waals surface area (Å²) in [7, 11) is 4.13. The highest BCUT2D eigenvalue weighted by Gasteiger charge is 2.16. The number of likely N-dealkylation sites (N-methyl/N-ethyl adjacent to an activating group) is 1. The number of nitrogens with zero attached hydrogens (tertiary/aromatic N) is 1. The van der Waals surface area contributed by atoms with Crippen molar-refractivity contribution in [1.29, 1.82) is 0 Å². The van der Waals surface area contributed by atoms with E-state index in [4.69, 9.17) is 23.2 Å². The number of rotatable bonds is 2. The third-order valence-electron chi connectivity index (χ3n) is 3.43. The molecule has 2 aromatic rings. The van der Waals surface area contributed by atoms with Crippen LogP contribution in [0.3, 0.4) is 0 Å². The normalized spacial score (nSPS) is 13.1. The van der Waals surface area contributed by atoms with E-state index >= 15 is 0 Å². The van der Waals surface area contributed by atoms with Gasteiger partial charge in [0.2, 0.25) is 0 Å². The first-order valence-electron chi connectivity index (χ1n) is 6.75. The van der Waals surface area contributed by atoms with Crippen LogP contribution < -0.4 is 5.32 Å². The molecule has 2 aromatic carbocycles. The zero-order valence-corrected chi connectivity index (χ0v) is 13.5. The number of anilines is 2. The molecule has 0 atom stereocenters. The van der Waals surface area contributed by atoms with Crippen molar-refractivity contribution in [2.45, 2.75) is 0 Å².